The lowest BCUT2D eigenvalue weighted by Crippen LogP contribution is -2.06. The normalized spacial score (nSPS) is 9.73. The van der Waals surface area contributed by atoms with Crippen molar-refractivity contribution in [2.75, 3.05) is 7.11 Å². The summed E-state index contributed by atoms with van der Waals surface area (Å²) >= 11 is 0. The fourth-order valence-corrected chi connectivity index (χ4v) is 1.27. The number of aryl methyl sites for hydroxylation is 1. The van der Waals surface area contributed by atoms with Gasteiger partial charge in [0, 0.05) is 0 Å². The maximum atomic E-state index is 11.2. The largest absolute Gasteiger partial charge is 0.481 e. The third kappa shape index (κ3) is 2.80. The van der Waals surface area contributed by atoms with Gasteiger partial charge in [0.2, 0.25) is 0 Å². The molecule has 0 spiro atoms. The average molecular weight is 208 g/mol. The van der Waals surface area contributed by atoms with Crippen molar-refractivity contribution in [1.29, 1.82) is 0 Å². The molecule has 0 unspecified atom stereocenters. The van der Waals surface area contributed by atoms with Crippen molar-refractivity contribution in [3.05, 3.63) is 34.9 Å². The van der Waals surface area contributed by atoms with Crippen LogP contribution in [0.15, 0.2) is 18.2 Å². The van der Waals surface area contributed by atoms with Crippen molar-refractivity contribution < 1.29 is 19.4 Å². The van der Waals surface area contributed by atoms with E-state index in [4.69, 9.17) is 5.11 Å². The summed E-state index contributed by atoms with van der Waals surface area (Å²) in [4.78, 5) is 21.7. The molecule has 0 bridgehead atoms. The molecule has 80 valence electrons. The zero-order valence-electron chi connectivity index (χ0n) is 8.61. The first-order valence-electron chi connectivity index (χ1n) is 4.44. The van der Waals surface area contributed by atoms with E-state index < -0.39 is 11.9 Å². The number of aliphatic carboxylic acids is 1. The van der Waals surface area contributed by atoms with Crippen LogP contribution in [-0.4, -0.2) is 24.2 Å². The minimum absolute atomic E-state index is 0.0866. The summed E-state index contributed by atoms with van der Waals surface area (Å²) in [6.45, 7) is 1.80. The van der Waals surface area contributed by atoms with Crippen LogP contribution in [0, 0.1) is 6.92 Å². The fourth-order valence-electron chi connectivity index (χ4n) is 1.27. The summed E-state index contributed by atoms with van der Waals surface area (Å²) in [7, 11) is 1.29. The molecule has 0 atom stereocenters. The number of benzene rings is 1. The van der Waals surface area contributed by atoms with Crippen LogP contribution in [0.1, 0.15) is 21.5 Å². The second-order valence-corrected chi connectivity index (χ2v) is 3.20. The molecule has 4 nitrogen and oxygen atoms in total. The van der Waals surface area contributed by atoms with E-state index >= 15 is 0 Å². The van der Waals surface area contributed by atoms with Gasteiger partial charge in [-0.1, -0.05) is 6.07 Å². The number of carbonyl (C=O) groups is 2. The van der Waals surface area contributed by atoms with E-state index in [-0.39, 0.29) is 6.42 Å². The lowest BCUT2D eigenvalue weighted by Gasteiger charge is -2.05. The van der Waals surface area contributed by atoms with E-state index in [1.165, 1.54) is 7.11 Å². The lowest BCUT2D eigenvalue weighted by atomic mass is 10.0. The van der Waals surface area contributed by atoms with Crippen LogP contribution in [0.4, 0.5) is 0 Å². The first kappa shape index (κ1) is 11.2. The Bertz CT molecular complexity index is 396. The number of ether oxygens (including phenoxy) is 1. The SMILES string of the molecule is COC(=O)c1ccc(C)c(CC(=O)O)c1. The Morgan fingerprint density at radius 2 is 2.07 bits per heavy atom. The van der Waals surface area contributed by atoms with Crippen molar-refractivity contribution in [3.63, 3.8) is 0 Å². The summed E-state index contributed by atoms with van der Waals surface area (Å²) in [5, 5.41) is 8.66. The number of carbonyl (C=O) groups excluding carboxylic acids is 1. The highest BCUT2D eigenvalue weighted by Gasteiger charge is 2.09. The van der Waals surface area contributed by atoms with E-state index in [0.29, 0.717) is 11.1 Å². The fraction of sp³-hybridized carbons (Fsp3) is 0.273. The number of methoxy groups -OCH3 is 1. The van der Waals surface area contributed by atoms with Crippen molar-refractivity contribution in [3.8, 4) is 0 Å². The molecule has 15 heavy (non-hydrogen) atoms. The minimum Gasteiger partial charge on any atom is -0.481 e. The molecule has 1 aromatic carbocycles. The highest BCUT2D eigenvalue weighted by molar-refractivity contribution is 5.90. The van der Waals surface area contributed by atoms with E-state index in [1.807, 2.05) is 0 Å². The minimum atomic E-state index is -0.917. The standard InChI is InChI=1S/C11H12O4/c1-7-3-4-8(11(14)15-2)5-9(7)6-10(12)13/h3-5H,6H2,1-2H3,(H,12,13). The van der Waals surface area contributed by atoms with Crippen LogP contribution in [0.2, 0.25) is 0 Å². The number of hydrogen-bond donors (Lipinski definition) is 1. The Hall–Kier alpha value is -1.84. The van der Waals surface area contributed by atoms with Crippen LogP contribution < -0.4 is 0 Å². The predicted octanol–water partition coefficient (Wildman–Crippen LogP) is 1.41. The van der Waals surface area contributed by atoms with E-state index in [9.17, 15) is 9.59 Å². The van der Waals surface area contributed by atoms with Crippen LogP contribution >= 0.6 is 0 Å². The molecule has 0 aliphatic rings. The van der Waals surface area contributed by atoms with Gasteiger partial charge in [0.25, 0.3) is 0 Å². The number of hydrogen-bond acceptors (Lipinski definition) is 3. The molecule has 0 aliphatic heterocycles. The molecule has 0 aliphatic carbocycles. The molecule has 0 heterocycles. The zero-order valence-corrected chi connectivity index (χ0v) is 8.61. The quantitative estimate of drug-likeness (QED) is 0.763. The van der Waals surface area contributed by atoms with Gasteiger partial charge in [-0.15, -0.1) is 0 Å². The van der Waals surface area contributed by atoms with Gasteiger partial charge in [-0.05, 0) is 30.2 Å². The Morgan fingerprint density at radius 3 is 2.60 bits per heavy atom. The maximum absolute atomic E-state index is 11.2. The number of carboxylic acids is 1. The van der Waals surface area contributed by atoms with E-state index in [1.54, 1.807) is 25.1 Å². The summed E-state index contributed by atoms with van der Waals surface area (Å²) in [6, 6.07) is 4.88. The van der Waals surface area contributed by atoms with E-state index in [0.717, 1.165) is 5.56 Å². The van der Waals surface area contributed by atoms with Gasteiger partial charge in [0.1, 0.15) is 0 Å². The van der Waals surface area contributed by atoms with Crippen molar-refractivity contribution in [1.82, 2.24) is 0 Å². The second-order valence-electron chi connectivity index (χ2n) is 3.20. The number of carboxylic acid groups (broad SMARTS) is 1. The highest BCUT2D eigenvalue weighted by atomic mass is 16.5. The van der Waals surface area contributed by atoms with Gasteiger partial charge in [0.15, 0.2) is 0 Å². The molecular weight excluding hydrogens is 196 g/mol. The topological polar surface area (TPSA) is 63.6 Å². The molecule has 0 radical (unpaired) electrons. The molecule has 1 aromatic rings. The average Bonchev–Trinajstić information content (AvgIpc) is 2.19. The Labute approximate surface area is 87.5 Å². The number of rotatable bonds is 3. The maximum Gasteiger partial charge on any atom is 0.337 e. The summed E-state index contributed by atoms with van der Waals surface area (Å²) in [6.07, 6.45) is -0.0866. The van der Waals surface area contributed by atoms with Crippen LogP contribution in [-0.2, 0) is 16.0 Å². The summed E-state index contributed by atoms with van der Waals surface area (Å²) in [5.41, 5.74) is 1.86. The van der Waals surface area contributed by atoms with Crippen LogP contribution in [0.3, 0.4) is 0 Å². The van der Waals surface area contributed by atoms with Crippen molar-refractivity contribution in [2.24, 2.45) is 0 Å². The van der Waals surface area contributed by atoms with E-state index in [2.05, 4.69) is 4.74 Å². The van der Waals surface area contributed by atoms with Crippen LogP contribution in [0.5, 0.6) is 0 Å². The first-order chi connectivity index (χ1) is 7.04. The van der Waals surface area contributed by atoms with Gasteiger partial charge in [0.05, 0.1) is 19.1 Å². The van der Waals surface area contributed by atoms with Crippen molar-refractivity contribution >= 4 is 11.9 Å². The third-order valence-electron chi connectivity index (χ3n) is 2.11. The van der Waals surface area contributed by atoms with Gasteiger partial charge >= 0.3 is 11.9 Å². The molecule has 0 amide bonds. The summed E-state index contributed by atoms with van der Waals surface area (Å²) in [5.74, 6) is -1.37. The highest BCUT2D eigenvalue weighted by Crippen LogP contribution is 2.12. The molecule has 0 saturated carbocycles. The third-order valence-corrected chi connectivity index (χ3v) is 2.11. The lowest BCUT2D eigenvalue weighted by molar-refractivity contribution is -0.136. The monoisotopic (exact) mass is 208 g/mol. The Kier molecular flexibility index (Phi) is 3.44. The molecule has 4 heteroatoms. The second kappa shape index (κ2) is 4.59. The Balaban J connectivity index is 3.05. The molecule has 0 fully saturated rings. The molecule has 1 rings (SSSR count). The van der Waals surface area contributed by atoms with Gasteiger partial charge in [-0.2, -0.15) is 0 Å². The smallest absolute Gasteiger partial charge is 0.337 e. The van der Waals surface area contributed by atoms with Gasteiger partial charge in [-0.25, -0.2) is 4.79 Å². The first-order valence-corrected chi connectivity index (χ1v) is 4.44. The summed E-state index contributed by atoms with van der Waals surface area (Å²) < 4.78 is 4.55. The molecule has 0 saturated heterocycles. The van der Waals surface area contributed by atoms with Gasteiger partial charge in [-0.3, -0.25) is 4.79 Å². The molecule has 1 N–H and O–H groups in total. The van der Waals surface area contributed by atoms with Crippen LogP contribution in [0.25, 0.3) is 0 Å². The molecular formula is C11H12O4. The predicted molar refractivity (Wildman–Crippen MR) is 53.9 cm³/mol. The molecule has 0 aromatic heterocycles. The van der Waals surface area contributed by atoms with Crippen molar-refractivity contribution in [2.45, 2.75) is 13.3 Å². The zero-order chi connectivity index (χ0) is 11.4. The van der Waals surface area contributed by atoms with Gasteiger partial charge < -0.3 is 9.84 Å². The Morgan fingerprint density at radius 1 is 1.40 bits per heavy atom. The number of esters is 1.